The Morgan fingerprint density at radius 2 is 2.15 bits per heavy atom. The van der Waals surface area contributed by atoms with E-state index in [9.17, 15) is 9.59 Å². The van der Waals surface area contributed by atoms with Crippen LogP contribution >= 0.6 is 11.8 Å². The van der Waals surface area contributed by atoms with Gasteiger partial charge in [-0.3, -0.25) is 9.59 Å². The van der Waals surface area contributed by atoms with Gasteiger partial charge in [-0.05, 0) is 36.2 Å². The molecule has 134 valence electrons. The smallest absolute Gasteiger partial charge is 0.251 e. The molecular formula is C20H21N3O2S. The summed E-state index contributed by atoms with van der Waals surface area (Å²) in [5.41, 5.74) is 3.47. The average Bonchev–Trinajstić information content (AvgIpc) is 2.92. The van der Waals surface area contributed by atoms with Crippen LogP contribution in [0.5, 0.6) is 0 Å². The molecule has 0 saturated carbocycles. The molecule has 2 N–H and O–H groups in total. The molecule has 0 aromatic heterocycles. The molecule has 2 aromatic carbocycles. The highest BCUT2D eigenvalue weighted by Crippen LogP contribution is 2.37. The van der Waals surface area contributed by atoms with Crippen LogP contribution in [0.4, 0.5) is 11.4 Å². The molecule has 1 atom stereocenters. The fraction of sp³-hybridized carbons (Fsp3) is 0.300. The SMILES string of the molecule is C[C@H]1CCN(C(=O)CNc2ccc3c(c2)C(=O)NC3)c2ccccc2S1. The maximum absolute atomic E-state index is 12.9. The second kappa shape index (κ2) is 7.03. The topological polar surface area (TPSA) is 61.4 Å². The Balaban J connectivity index is 1.49. The largest absolute Gasteiger partial charge is 0.376 e. The summed E-state index contributed by atoms with van der Waals surface area (Å²) in [5.74, 6) is -0.0143. The zero-order valence-corrected chi connectivity index (χ0v) is 15.4. The van der Waals surface area contributed by atoms with Gasteiger partial charge in [0.25, 0.3) is 5.91 Å². The number of amides is 2. The van der Waals surface area contributed by atoms with Gasteiger partial charge in [-0.1, -0.05) is 25.1 Å². The van der Waals surface area contributed by atoms with E-state index in [4.69, 9.17) is 0 Å². The van der Waals surface area contributed by atoms with Crippen LogP contribution in [0.15, 0.2) is 47.4 Å². The van der Waals surface area contributed by atoms with E-state index in [-0.39, 0.29) is 18.4 Å². The number of hydrogen-bond acceptors (Lipinski definition) is 4. The molecule has 0 bridgehead atoms. The molecule has 0 saturated heterocycles. The van der Waals surface area contributed by atoms with E-state index in [1.54, 1.807) is 0 Å². The first-order valence-corrected chi connectivity index (χ1v) is 9.71. The summed E-state index contributed by atoms with van der Waals surface area (Å²) in [4.78, 5) is 27.7. The molecule has 2 aliphatic rings. The molecule has 2 heterocycles. The van der Waals surface area contributed by atoms with Crippen molar-refractivity contribution in [3.63, 3.8) is 0 Å². The normalized spacial score (nSPS) is 18.6. The Labute approximate surface area is 157 Å². The summed E-state index contributed by atoms with van der Waals surface area (Å²) >= 11 is 1.82. The van der Waals surface area contributed by atoms with Gasteiger partial charge >= 0.3 is 0 Å². The van der Waals surface area contributed by atoms with E-state index in [1.165, 1.54) is 0 Å². The number of carbonyl (C=O) groups is 2. The lowest BCUT2D eigenvalue weighted by atomic mass is 10.1. The van der Waals surface area contributed by atoms with Crippen molar-refractivity contribution in [2.45, 2.75) is 30.0 Å². The molecule has 2 amide bonds. The molecular weight excluding hydrogens is 346 g/mol. The Morgan fingerprint density at radius 3 is 3.04 bits per heavy atom. The van der Waals surface area contributed by atoms with E-state index in [2.05, 4.69) is 23.6 Å². The number of thioether (sulfide) groups is 1. The lowest BCUT2D eigenvalue weighted by Crippen LogP contribution is -2.36. The molecule has 26 heavy (non-hydrogen) atoms. The Hall–Kier alpha value is -2.47. The van der Waals surface area contributed by atoms with E-state index in [0.29, 0.717) is 17.4 Å². The van der Waals surface area contributed by atoms with Crippen LogP contribution in [0.25, 0.3) is 0 Å². The van der Waals surface area contributed by atoms with Crippen molar-refractivity contribution in [3.8, 4) is 0 Å². The lowest BCUT2D eigenvalue weighted by Gasteiger charge is -2.23. The Bertz CT molecular complexity index is 868. The molecule has 0 spiro atoms. The number of benzene rings is 2. The zero-order valence-electron chi connectivity index (χ0n) is 14.6. The molecule has 0 radical (unpaired) electrons. The van der Waals surface area contributed by atoms with Gasteiger partial charge in [-0.15, -0.1) is 11.8 Å². The number of anilines is 2. The second-order valence-electron chi connectivity index (χ2n) is 6.64. The molecule has 0 aliphatic carbocycles. The van der Waals surface area contributed by atoms with Crippen molar-refractivity contribution in [2.24, 2.45) is 0 Å². The van der Waals surface area contributed by atoms with Crippen molar-refractivity contribution < 1.29 is 9.59 Å². The number of carbonyl (C=O) groups excluding carboxylic acids is 2. The highest BCUT2D eigenvalue weighted by molar-refractivity contribution is 8.00. The highest BCUT2D eigenvalue weighted by Gasteiger charge is 2.24. The quantitative estimate of drug-likeness (QED) is 0.874. The standard InChI is InChI=1S/C20H21N3O2S/c1-13-8-9-23(17-4-2-3-5-18(17)26-13)19(24)12-21-15-7-6-14-11-22-20(25)16(14)10-15/h2-7,10,13,21H,8-9,11-12H2,1H3,(H,22,25)/t13-/m0/s1. The lowest BCUT2D eigenvalue weighted by molar-refractivity contribution is -0.117. The van der Waals surface area contributed by atoms with Crippen molar-refractivity contribution in [2.75, 3.05) is 23.3 Å². The second-order valence-corrected chi connectivity index (χ2v) is 8.12. The van der Waals surface area contributed by atoms with Crippen LogP contribution in [0, 0.1) is 0 Å². The Morgan fingerprint density at radius 1 is 1.31 bits per heavy atom. The van der Waals surface area contributed by atoms with Crippen molar-refractivity contribution in [1.82, 2.24) is 5.32 Å². The fourth-order valence-corrected chi connectivity index (χ4v) is 4.45. The molecule has 6 heteroatoms. The van der Waals surface area contributed by atoms with Crippen molar-refractivity contribution in [3.05, 3.63) is 53.6 Å². The number of para-hydroxylation sites is 1. The molecule has 0 unspecified atom stereocenters. The number of nitrogens with zero attached hydrogens (tertiary/aromatic N) is 1. The summed E-state index contributed by atoms with van der Waals surface area (Å²) in [5, 5.41) is 6.47. The van der Waals surface area contributed by atoms with Crippen LogP contribution in [0.3, 0.4) is 0 Å². The van der Waals surface area contributed by atoms with E-state index in [1.807, 2.05) is 53.1 Å². The maximum Gasteiger partial charge on any atom is 0.251 e. The first kappa shape index (κ1) is 17.0. The maximum atomic E-state index is 12.9. The van der Waals surface area contributed by atoms with E-state index in [0.717, 1.165) is 34.8 Å². The third kappa shape index (κ3) is 3.29. The Kier molecular flexibility index (Phi) is 4.59. The van der Waals surface area contributed by atoms with Gasteiger partial charge in [-0.2, -0.15) is 0 Å². The minimum absolute atomic E-state index is 0.0390. The van der Waals surface area contributed by atoms with Gasteiger partial charge in [0, 0.05) is 34.5 Å². The highest BCUT2D eigenvalue weighted by atomic mass is 32.2. The van der Waals surface area contributed by atoms with Gasteiger partial charge in [0.1, 0.15) is 0 Å². The predicted octanol–water partition coefficient (Wildman–Crippen LogP) is 3.26. The number of fused-ring (bicyclic) bond motifs is 2. The first-order chi connectivity index (χ1) is 12.6. The monoisotopic (exact) mass is 367 g/mol. The number of rotatable bonds is 3. The first-order valence-electron chi connectivity index (χ1n) is 8.83. The van der Waals surface area contributed by atoms with Crippen LogP contribution < -0.4 is 15.5 Å². The van der Waals surface area contributed by atoms with Crippen LogP contribution in [0.1, 0.15) is 29.3 Å². The van der Waals surface area contributed by atoms with Gasteiger partial charge in [0.15, 0.2) is 0 Å². The summed E-state index contributed by atoms with van der Waals surface area (Å²) in [6.45, 7) is 3.70. The number of hydrogen-bond donors (Lipinski definition) is 2. The zero-order chi connectivity index (χ0) is 18.1. The number of nitrogens with one attached hydrogen (secondary N) is 2. The third-order valence-corrected chi connectivity index (χ3v) is 6.02. The van der Waals surface area contributed by atoms with Gasteiger partial charge in [-0.25, -0.2) is 0 Å². The van der Waals surface area contributed by atoms with E-state index >= 15 is 0 Å². The fourth-order valence-electron chi connectivity index (χ4n) is 3.34. The molecule has 2 aromatic rings. The predicted molar refractivity (Wildman–Crippen MR) is 105 cm³/mol. The van der Waals surface area contributed by atoms with Crippen LogP contribution in [0.2, 0.25) is 0 Å². The average molecular weight is 367 g/mol. The summed E-state index contributed by atoms with van der Waals surface area (Å²) in [6.07, 6.45) is 0.962. The summed E-state index contributed by atoms with van der Waals surface area (Å²) in [7, 11) is 0. The molecule has 5 nitrogen and oxygen atoms in total. The summed E-state index contributed by atoms with van der Waals surface area (Å²) in [6, 6.07) is 13.7. The van der Waals surface area contributed by atoms with Crippen molar-refractivity contribution >= 4 is 35.0 Å². The van der Waals surface area contributed by atoms with Crippen LogP contribution in [-0.2, 0) is 11.3 Å². The van der Waals surface area contributed by atoms with Gasteiger partial charge < -0.3 is 15.5 Å². The van der Waals surface area contributed by atoms with Crippen LogP contribution in [-0.4, -0.2) is 30.2 Å². The third-order valence-electron chi connectivity index (χ3n) is 4.78. The minimum Gasteiger partial charge on any atom is -0.376 e. The molecule has 4 rings (SSSR count). The molecule has 2 aliphatic heterocycles. The van der Waals surface area contributed by atoms with E-state index < -0.39 is 0 Å². The summed E-state index contributed by atoms with van der Waals surface area (Å²) < 4.78 is 0. The van der Waals surface area contributed by atoms with Crippen molar-refractivity contribution in [1.29, 1.82) is 0 Å². The van der Waals surface area contributed by atoms with Gasteiger partial charge in [0.2, 0.25) is 5.91 Å². The van der Waals surface area contributed by atoms with Gasteiger partial charge in [0.05, 0.1) is 12.2 Å². The minimum atomic E-state index is -0.0533. The molecule has 0 fully saturated rings.